The Morgan fingerprint density at radius 3 is 2.69 bits per heavy atom. The van der Waals surface area contributed by atoms with Crippen LogP contribution < -0.4 is 4.90 Å². The second-order valence-electron chi connectivity index (χ2n) is 8.46. The van der Waals surface area contributed by atoms with E-state index in [0.717, 1.165) is 24.3 Å². The zero-order valence-electron chi connectivity index (χ0n) is 20.0. The topological polar surface area (TPSA) is 109 Å². The quantitative estimate of drug-likeness (QED) is 0.475. The van der Waals surface area contributed by atoms with Crippen LogP contribution in [0.3, 0.4) is 0 Å². The van der Waals surface area contributed by atoms with E-state index < -0.39 is 10.0 Å². The molecule has 10 heteroatoms. The number of hydrogen-bond acceptors (Lipinski definition) is 6. The predicted octanol–water partition coefficient (Wildman–Crippen LogP) is 2.93. The molecule has 2 heterocycles. The van der Waals surface area contributed by atoms with Gasteiger partial charge in [-0.3, -0.25) is 4.79 Å². The SMILES string of the molecule is CCCn1c(CCC(=O)N(C)c2cccc(C#N)c2)nc2cc(S(=O)(=O)N3CCOCC3)ccc21. The second kappa shape index (κ2) is 10.6. The highest BCUT2D eigenvalue weighted by Gasteiger charge is 2.27. The van der Waals surface area contributed by atoms with Crippen molar-refractivity contribution in [2.45, 2.75) is 37.6 Å². The number of benzene rings is 2. The predicted molar refractivity (Wildman–Crippen MR) is 132 cm³/mol. The number of rotatable bonds is 8. The fourth-order valence-corrected chi connectivity index (χ4v) is 5.66. The maximum absolute atomic E-state index is 13.1. The number of aryl methyl sites for hydroxylation is 2. The summed E-state index contributed by atoms with van der Waals surface area (Å²) in [6, 6.07) is 14.1. The van der Waals surface area contributed by atoms with Crippen LogP contribution in [0.25, 0.3) is 11.0 Å². The van der Waals surface area contributed by atoms with E-state index in [-0.39, 0.29) is 17.2 Å². The average molecular weight is 496 g/mol. The summed E-state index contributed by atoms with van der Waals surface area (Å²) in [6.07, 6.45) is 1.53. The number of imidazole rings is 1. The molecule has 1 aliphatic heterocycles. The minimum atomic E-state index is -3.62. The monoisotopic (exact) mass is 495 g/mol. The van der Waals surface area contributed by atoms with Gasteiger partial charge in [0, 0.05) is 45.2 Å². The van der Waals surface area contributed by atoms with Gasteiger partial charge in [0.2, 0.25) is 15.9 Å². The molecule has 0 N–H and O–H groups in total. The van der Waals surface area contributed by atoms with Gasteiger partial charge in [-0.15, -0.1) is 0 Å². The van der Waals surface area contributed by atoms with E-state index in [1.165, 1.54) is 4.31 Å². The lowest BCUT2D eigenvalue weighted by Gasteiger charge is -2.26. The van der Waals surface area contributed by atoms with Crippen LogP contribution >= 0.6 is 0 Å². The Labute approximate surface area is 205 Å². The van der Waals surface area contributed by atoms with E-state index >= 15 is 0 Å². The van der Waals surface area contributed by atoms with Crippen LogP contribution in [0, 0.1) is 11.3 Å². The van der Waals surface area contributed by atoms with E-state index in [1.807, 2.05) is 0 Å². The first-order valence-corrected chi connectivity index (χ1v) is 13.1. The number of sulfonamides is 1. The van der Waals surface area contributed by atoms with Gasteiger partial charge in [0.15, 0.2) is 0 Å². The maximum atomic E-state index is 13.1. The molecule has 3 aromatic rings. The number of aromatic nitrogens is 2. The lowest BCUT2D eigenvalue weighted by molar-refractivity contribution is -0.118. The van der Waals surface area contributed by atoms with E-state index in [1.54, 1.807) is 54.4 Å². The molecule has 0 atom stereocenters. The molecule has 0 radical (unpaired) electrons. The number of ether oxygens (including phenoxy) is 1. The molecule has 184 valence electrons. The molecule has 0 spiro atoms. The Kier molecular flexibility index (Phi) is 7.50. The number of nitrogens with zero attached hydrogens (tertiary/aromatic N) is 5. The summed E-state index contributed by atoms with van der Waals surface area (Å²) in [4.78, 5) is 19.4. The van der Waals surface area contributed by atoms with Gasteiger partial charge in [0.25, 0.3) is 0 Å². The van der Waals surface area contributed by atoms with E-state index in [4.69, 9.17) is 15.0 Å². The lowest BCUT2D eigenvalue weighted by atomic mass is 10.2. The standard InChI is InChI=1S/C25H29N5O4S/c1-3-11-30-23-8-7-21(35(32,33)29-12-14-34-15-13-29)17-22(23)27-24(30)9-10-25(31)28(2)20-6-4-5-19(16-20)18-26/h4-8,16-17H,3,9-15H2,1-2H3. The molecule has 2 aromatic carbocycles. The van der Waals surface area contributed by atoms with Crippen LogP contribution in [-0.4, -0.2) is 61.5 Å². The normalized spacial score (nSPS) is 14.7. The first-order chi connectivity index (χ1) is 16.8. The van der Waals surface area contributed by atoms with E-state index in [0.29, 0.717) is 49.5 Å². The van der Waals surface area contributed by atoms with Crippen LogP contribution in [0.4, 0.5) is 5.69 Å². The van der Waals surface area contributed by atoms with Crippen molar-refractivity contribution in [3.63, 3.8) is 0 Å². The van der Waals surface area contributed by atoms with Gasteiger partial charge in [-0.2, -0.15) is 9.57 Å². The van der Waals surface area contributed by atoms with Crippen LogP contribution in [0.15, 0.2) is 47.4 Å². The van der Waals surface area contributed by atoms with Gasteiger partial charge in [-0.05, 0) is 42.8 Å². The minimum absolute atomic E-state index is 0.0919. The fraction of sp³-hybridized carbons (Fsp3) is 0.400. The Balaban J connectivity index is 1.56. The first-order valence-electron chi connectivity index (χ1n) is 11.7. The summed E-state index contributed by atoms with van der Waals surface area (Å²) in [5, 5.41) is 9.12. The van der Waals surface area contributed by atoms with Gasteiger partial charge >= 0.3 is 0 Å². The smallest absolute Gasteiger partial charge is 0.243 e. The largest absolute Gasteiger partial charge is 0.379 e. The molecule has 35 heavy (non-hydrogen) atoms. The zero-order chi connectivity index (χ0) is 25.0. The molecule has 1 amide bonds. The summed E-state index contributed by atoms with van der Waals surface area (Å²) in [5.41, 5.74) is 2.61. The molecule has 1 fully saturated rings. The number of carbonyl (C=O) groups is 1. The van der Waals surface area contributed by atoms with Gasteiger partial charge in [-0.25, -0.2) is 13.4 Å². The average Bonchev–Trinajstić information content (AvgIpc) is 3.24. The van der Waals surface area contributed by atoms with Crippen molar-refractivity contribution in [1.82, 2.24) is 13.9 Å². The van der Waals surface area contributed by atoms with Crippen molar-refractivity contribution >= 4 is 32.7 Å². The van der Waals surface area contributed by atoms with Crippen molar-refractivity contribution in [1.29, 1.82) is 5.26 Å². The summed E-state index contributed by atoms with van der Waals surface area (Å²) < 4.78 is 35.0. The fourth-order valence-electron chi connectivity index (χ4n) is 4.23. The molecule has 1 aliphatic rings. The van der Waals surface area contributed by atoms with Crippen LogP contribution in [0.1, 0.15) is 31.2 Å². The van der Waals surface area contributed by atoms with E-state index in [9.17, 15) is 13.2 Å². The van der Waals surface area contributed by atoms with Crippen molar-refractivity contribution in [2.75, 3.05) is 38.3 Å². The zero-order valence-corrected chi connectivity index (χ0v) is 20.8. The highest BCUT2D eigenvalue weighted by molar-refractivity contribution is 7.89. The maximum Gasteiger partial charge on any atom is 0.243 e. The molecule has 0 saturated carbocycles. The van der Waals surface area contributed by atoms with Crippen LogP contribution in [0.5, 0.6) is 0 Å². The van der Waals surface area contributed by atoms with E-state index in [2.05, 4.69) is 17.6 Å². The summed E-state index contributed by atoms with van der Waals surface area (Å²) >= 11 is 0. The molecule has 1 saturated heterocycles. The first kappa shape index (κ1) is 24.9. The summed E-state index contributed by atoms with van der Waals surface area (Å²) in [6.45, 7) is 4.23. The highest BCUT2D eigenvalue weighted by atomic mass is 32.2. The van der Waals surface area contributed by atoms with Crippen LogP contribution in [-0.2, 0) is 32.5 Å². The number of anilines is 1. The molecular weight excluding hydrogens is 466 g/mol. The van der Waals surface area contributed by atoms with Crippen molar-refractivity contribution in [3.8, 4) is 6.07 Å². The molecular formula is C25H29N5O4S. The van der Waals surface area contributed by atoms with Crippen LogP contribution in [0.2, 0.25) is 0 Å². The van der Waals surface area contributed by atoms with Crippen molar-refractivity contribution in [3.05, 3.63) is 53.9 Å². The number of morpholine rings is 1. The Bertz CT molecular complexity index is 1370. The molecule has 9 nitrogen and oxygen atoms in total. The Morgan fingerprint density at radius 1 is 1.20 bits per heavy atom. The molecule has 4 rings (SSSR count). The lowest BCUT2D eigenvalue weighted by Crippen LogP contribution is -2.40. The van der Waals surface area contributed by atoms with Gasteiger partial charge in [0.05, 0.1) is 40.8 Å². The third kappa shape index (κ3) is 5.22. The molecule has 0 bridgehead atoms. The molecule has 0 unspecified atom stereocenters. The number of amides is 1. The van der Waals surface area contributed by atoms with Gasteiger partial charge in [0.1, 0.15) is 5.82 Å². The highest BCUT2D eigenvalue weighted by Crippen LogP contribution is 2.25. The number of fused-ring (bicyclic) bond motifs is 1. The molecule has 1 aromatic heterocycles. The van der Waals surface area contributed by atoms with Crippen molar-refractivity contribution in [2.24, 2.45) is 0 Å². The number of carbonyl (C=O) groups excluding carboxylic acids is 1. The number of hydrogen-bond donors (Lipinski definition) is 0. The summed E-state index contributed by atoms with van der Waals surface area (Å²) in [5.74, 6) is 0.654. The Hall–Kier alpha value is -3.26. The van der Waals surface area contributed by atoms with Gasteiger partial charge in [-0.1, -0.05) is 13.0 Å². The summed E-state index contributed by atoms with van der Waals surface area (Å²) in [7, 11) is -1.93. The van der Waals surface area contributed by atoms with Crippen molar-refractivity contribution < 1.29 is 17.9 Å². The Morgan fingerprint density at radius 2 is 1.97 bits per heavy atom. The third-order valence-electron chi connectivity index (χ3n) is 6.15. The minimum Gasteiger partial charge on any atom is -0.379 e. The number of nitriles is 1. The van der Waals surface area contributed by atoms with Gasteiger partial charge < -0.3 is 14.2 Å². The molecule has 0 aliphatic carbocycles. The third-order valence-corrected chi connectivity index (χ3v) is 8.05. The second-order valence-corrected chi connectivity index (χ2v) is 10.4.